The van der Waals surface area contributed by atoms with Crippen molar-refractivity contribution in [3.05, 3.63) is 0 Å². The Morgan fingerprint density at radius 1 is 0.882 bits per heavy atom. The molecule has 0 rings (SSSR count). The van der Waals surface area contributed by atoms with Crippen molar-refractivity contribution >= 4 is 26.2 Å². The van der Waals surface area contributed by atoms with Gasteiger partial charge >= 0.3 is 19.8 Å². The van der Waals surface area contributed by atoms with Crippen LogP contribution in [0, 0.1) is 0 Å². The van der Waals surface area contributed by atoms with Crippen LogP contribution in [-0.2, 0) is 18.8 Å². The highest BCUT2D eigenvalue weighted by molar-refractivity contribution is 7.99. The first-order valence-electron chi connectivity index (χ1n) is 13.6. The Morgan fingerprint density at radius 2 is 1.44 bits per heavy atom. The molecule has 202 valence electrons. The van der Waals surface area contributed by atoms with Gasteiger partial charge in [-0.05, 0) is 31.9 Å². The Labute approximate surface area is 214 Å². The summed E-state index contributed by atoms with van der Waals surface area (Å²) in [6.07, 6.45) is 19.2. The maximum absolute atomic E-state index is 10.9. The van der Waals surface area contributed by atoms with Crippen molar-refractivity contribution in [1.82, 2.24) is 0 Å². The summed E-state index contributed by atoms with van der Waals surface area (Å²) in [5.74, 6) is -0.338. The number of unbranched alkanes of at least 4 members (excludes halogenated alkanes) is 11. The summed E-state index contributed by atoms with van der Waals surface area (Å²) in [4.78, 5) is 10.9. The van der Waals surface area contributed by atoms with Crippen molar-refractivity contribution in [2.24, 2.45) is 0 Å². The first-order chi connectivity index (χ1) is 16.4. The molecule has 0 aromatic heterocycles. The number of ether oxygens (including phenoxy) is 2. The summed E-state index contributed by atoms with van der Waals surface area (Å²) < 4.78 is 22.2. The molecule has 4 atom stereocenters. The lowest BCUT2D eigenvalue weighted by molar-refractivity contribution is -0.154. The Hall–Kier alpha value is -0.200. The number of carbonyl (C=O) groups is 1. The summed E-state index contributed by atoms with van der Waals surface area (Å²) in [5, 5.41) is 16.7. The highest BCUT2D eigenvalue weighted by Gasteiger charge is 2.46. The SMILES string of the molecule is CCCCCCCCCCCSC(CCCCCC)C(C)OCCCOCC(O)([PH+]=O)C(=O)O. The van der Waals surface area contributed by atoms with Crippen LogP contribution in [0.15, 0.2) is 0 Å². The van der Waals surface area contributed by atoms with Crippen LogP contribution in [-0.4, -0.2) is 58.5 Å². The van der Waals surface area contributed by atoms with E-state index in [1.54, 1.807) is 0 Å². The molecule has 34 heavy (non-hydrogen) atoms. The van der Waals surface area contributed by atoms with Gasteiger partial charge in [-0.3, -0.25) is 0 Å². The monoisotopic (exact) mass is 523 g/mol. The fourth-order valence-corrected chi connectivity index (χ4v) is 5.37. The minimum Gasteiger partial charge on any atom is -0.476 e. The van der Waals surface area contributed by atoms with Gasteiger partial charge in [-0.1, -0.05) is 95.5 Å². The summed E-state index contributed by atoms with van der Waals surface area (Å²) in [7, 11) is -1.37. The number of thioether (sulfide) groups is 1. The van der Waals surface area contributed by atoms with E-state index >= 15 is 0 Å². The molecule has 2 N–H and O–H groups in total. The zero-order valence-electron chi connectivity index (χ0n) is 22.0. The minimum atomic E-state index is -2.32. The quantitative estimate of drug-likeness (QED) is 0.0914. The zero-order chi connectivity index (χ0) is 25.5. The number of hydrogen-bond acceptors (Lipinski definition) is 6. The van der Waals surface area contributed by atoms with Crippen LogP contribution >= 0.6 is 20.2 Å². The molecule has 0 radical (unpaired) electrons. The molecule has 0 aliphatic heterocycles. The van der Waals surface area contributed by atoms with E-state index in [0.29, 0.717) is 18.3 Å². The van der Waals surface area contributed by atoms with Gasteiger partial charge in [-0.25, -0.2) is 4.79 Å². The molecule has 0 fully saturated rings. The molecule has 0 saturated carbocycles. The Morgan fingerprint density at radius 3 is 2.00 bits per heavy atom. The summed E-state index contributed by atoms with van der Waals surface area (Å²) >= 11 is 2.05. The van der Waals surface area contributed by atoms with Crippen molar-refractivity contribution in [2.45, 2.75) is 134 Å². The molecule has 0 aliphatic carbocycles. The van der Waals surface area contributed by atoms with Crippen molar-refractivity contribution < 1.29 is 29.0 Å². The number of rotatable bonds is 26. The molecular weight excluding hydrogens is 471 g/mol. The molecule has 0 saturated heterocycles. The summed E-state index contributed by atoms with van der Waals surface area (Å²) in [6, 6.07) is 0. The molecule has 0 amide bonds. The van der Waals surface area contributed by atoms with Gasteiger partial charge < -0.3 is 19.7 Å². The smallest absolute Gasteiger partial charge is 0.390 e. The third-order valence-corrected chi connectivity index (χ3v) is 8.36. The standard InChI is InChI=1S/C26H51O6PS/c1-4-6-8-10-11-12-13-14-16-21-34-24(18-15-9-7-5-2)23(3)32-20-17-19-31-22-26(29,33-30)25(27)28/h23-24,29H,4-22H2,1-3H3,(H,27,28)/p+1. The topological polar surface area (TPSA) is 93.1 Å². The fraction of sp³-hybridized carbons (Fsp3) is 0.962. The second-order valence-electron chi connectivity index (χ2n) is 9.34. The number of carboxylic acid groups (broad SMARTS) is 1. The number of aliphatic carboxylic acids is 1. The van der Waals surface area contributed by atoms with E-state index in [1.165, 1.54) is 95.6 Å². The summed E-state index contributed by atoms with van der Waals surface area (Å²) in [6.45, 7) is 6.96. The van der Waals surface area contributed by atoms with Gasteiger partial charge in [0.1, 0.15) is 6.61 Å². The van der Waals surface area contributed by atoms with E-state index < -0.39 is 26.4 Å². The molecule has 0 spiro atoms. The Balaban J connectivity index is 4.11. The first-order valence-corrected chi connectivity index (χ1v) is 15.5. The average Bonchev–Trinajstić information content (AvgIpc) is 2.83. The van der Waals surface area contributed by atoms with Crippen LogP contribution in [0.5, 0.6) is 0 Å². The van der Waals surface area contributed by atoms with E-state index in [4.69, 9.17) is 14.6 Å². The van der Waals surface area contributed by atoms with Crippen molar-refractivity contribution in [2.75, 3.05) is 25.6 Å². The second kappa shape index (κ2) is 23.2. The maximum atomic E-state index is 10.9. The van der Waals surface area contributed by atoms with E-state index in [0.717, 1.165) is 0 Å². The lowest BCUT2D eigenvalue weighted by atomic mass is 10.1. The third-order valence-electron chi connectivity index (χ3n) is 6.09. The van der Waals surface area contributed by atoms with Crippen molar-refractivity contribution in [3.8, 4) is 0 Å². The minimum absolute atomic E-state index is 0.157. The molecule has 6 nitrogen and oxygen atoms in total. The third kappa shape index (κ3) is 18.1. The average molecular weight is 524 g/mol. The van der Waals surface area contributed by atoms with Crippen LogP contribution in [0.25, 0.3) is 0 Å². The molecule has 0 aromatic rings. The maximum Gasteiger partial charge on any atom is 0.390 e. The van der Waals surface area contributed by atoms with E-state index in [2.05, 4.69) is 32.5 Å². The van der Waals surface area contributed by atoms with Gasteiger partial charge in [0.15, 0.2) is 0 Å². The molecule has 0 aliphatic rings. The first kappa shape index (κ1) is 33.8. The Kier molecular flexibility index (Phi) is 23.1. The highest BCUT2D eigenvalue weighted by Crippen LogP contribution is 2.25. The lowest BCUT2D eigenvalue weighted by Gasteiger charge is -2.24. The van der Waals surface area contributed by atoms with Crippen LogP contribution in [0.2, 0.25) is 0 Å². The predicted octanol–water partition coefficient (Wildman–Crippen LogP) is 7.20. The van der Waals surface area contributed by atoms with Gasteiger partial charge in [0.05, 0.1) is 6.10 Å². The highest BCUT2D eigenvalue weighted by atomic mass is 32.2. The van der Waals surface area contributed by atoms with E-state index in [-0.39, 0.29) is 12.7 Å². The molecule has 4 unspecified atom stereocenters. The number of aliphatic hydroxyl groups is 1. The number of hydrogen-bond donors (Lipinski definition) is 2. The molecule has 8 heteroatoms. The second-order valence-corrected chi connectivity index (χ2v) is 11.7. The van der Waals surface area contributed by atoms with Crippen LogP contribution < -0.4 is 0 Å². The number of carboxylic acids is 1. The summed E-state index contributed by atoms with van der Waals surface area (Å²) in [5.41, 5.74) is 0. The van der Waals surface area contributed by atoms with Gasteiger partial charge in [0.25, 0.3) is 0 Å². The van der Waals surface area contributed by atoms with Gasteiger partial charge in [0, 0.05) is 18.5 Å². The molecule has 0 bridgehead atoms. The van der Waals surface area contributed by atoms with Gasteiger partial charge in [0.2, 0.25) is 0 Å². The largest absolute Gasteiger partial charge is 0.476 e. The lowest BCUT2D eigenvalue weighted by Crippen LogP contribution is -2.37. The molecule has 0 aromatic carbocycles. The van der Waals surface area contributed by atoms with Crippen LogP contribution in [0.3, 0.4) is 0 Å². The fourth-order valence-electron chi connectivity index (χ4n) is 3.77. The predicted molar refractivity (Wildman–Crippen MR) is 145 cm³/mol. The zero-order valence-corrected chi connectivity index (χ0v) is 23.8. The van der Waals surface area contributed by atoms with Crippen molar-refractivity contribution in [1.29, 1.82) is 0 Å². The van der Waals surface area contributed by atoms with Gasteiger partial charge in [-0.2, -0.15) is 11.8 Å². The van der Waals surface area contributed by atoms with Gasteiger partial charge in [-0.15, -0.1) is 0 Å². The van der Waals surface area contributed by atoms with E-state index in [1.807, 2.05) is 0 Å². The molecular formula is C26H52O6PS+. The Bertz CT molecular complexity index is 496. The van der Waals surface area contributed by atoms with Crippen LogP contribution in [0.1, 0.15) is 117 Å². The normalized spacial score (nSPS) is 15.3. The molecule has 0 heterocycles. The van der Waals surface area contributed by atoms with Crippen LogP contribution in [0.4, 0.5) is 0 Å². The van der Waals surface area contributed by atoms with E-state index in [9.17, 15) is 14.5 Å². The van der Waals surface area contributed by atoms with Crippen molar-refractivity contribution in [3.63, 3.8) is 0 Å².